The Kier molecular flexibility index (Phi) is 6.12. The monoisotopic (exact) mass is 284 g/mol. The van der Waals surface area contributed by atoms with Crippen LogP contribution < -0.4 is 15.4 Å². The van der Waals surface area contributed by atoms with Gasteiger partial charge in [-0.05, 0) is 37.1 Å². The predicted octanol–water partition coefficient (Wildman–Crippen LogP) is 1.84. The van der Waals surface area contributed by atoms with Crippen molar-refractivity contribution in [3.8, 4) is 5.75 Å². The number of methoxy groups -OCH3 is 1. The molecular weight excluding hydrogens is 264 g/mol. The first-order valence-corrected chi connectivity index (χ1v) is 6.36. The molecule has 2 rings (SSSR count). The summed E-state index contributed by atoms with van der Waals surface area (Å²) in [5, 5.41) is 6.38. The number of nitrogens with one attached hydrogen (secondary N) is 2. The van der Waals surface area contributed by atoms with E-state index in [1.807, 2.05) is 12.1 Å². The molecule has 1 heterocycles. The van der Waals surface area contributed by atoms with E-state index in [-0.39, 0.29) is 24.4 Å². The fraction of sp³-hybridized carbons (Fsp3) is 0.500. The summed E-state index contributed by atoms with van der Waals surface area (Å²) in [5.74, 6) is 1.19. The SMILES string of the molecule is COc1cccc(C(=O)NC2CNCCC2C)c1.Cl. The standard InChI is InChI=1S/C14H20N2O2.ClH/c1-10-6-7-15-9-13(10)16-14(17)11-4-3-5-12(8-11)18-2;/h3-5,8,10,13,15H,6-7,9H2,1-2H3,(H,16,17);1H. The van der Waals surface area contributed by atoms with Crippen molar-refractivity contribution in [3.05, 3.63) is 29.8 Å². The van der Waals surface area contributed by atoms with E-state index in [2.05, 4.69) is 17.6 Å². The molecule has 0 spiro atoms. The minimum absolute atomic E-state index is 0. The molecule has 1 saturated heterocycles. The van der Waals surface area contributed by atoms with Crippen LogP contribution in [-0.2, 0) is 0 Å². The van der Waals surface area contributed by atoms with Gasteiger partial charge in [-0.3, -0.25) is 4.79 Å². The summed E-state index contributed by atoms with van der Waals surface area (Å²) in [5.41, 5.74) is 0.645. The highest BCUT2D eigenvalue weighted by molar-refractivity contribution is 5.94. The number of piperidine rings is 1. The van der Waals surface area contributed by atoms with Crippen molar-refractivity contribution in [2.45, 2.75) is 19.4 Å². The molecule has 1 amide bonds. The molecule has 1 fully saturated rings. The van der Waals surface area contributed by atoms with Crippen LogP contribution in [0.2, 0.25) is 0 Å². The molecule has 0 saturated carbocycles. The Balaban J connectivity index is 0.00000180. The summed E-state index contributed by atoms with van der Waals surface area (Å²) >= 11 is 0. The summed E-state index contributed by atoms with van der Waals surface area (Å²) in [4.78, 5) is 12.1. The van der Waals surface area contributed by atoms with Crippen LogP contribution in [0.4, 0.5) is 0 Å². The molecule has 19 heavy (non-hydrogen) atoms. The van der Waals surface area contributed by atoms with Crippen LogP contribution in [0.25, 0.3) is 0 Å². The van der Waals surface area contributed by atoms with Gasteiger partial charge in [-0.2, -0.15) is 0 Å². The third kappa shape index (κ3) is 4.11. The van der Waals surface area contributed by atoms with Crippen LogP contribution in [-0.4, -0.2) is 32.1 Å². The van der Waals surface area contributed by atoms with E-state index in [1.165, 1.54) is 0 Å². The molecule has 5 heteroatoms. The van der Waals surface area contributed by atoms with E-state index >= 15 is 0 Å². The smallest absolute Gasteiger partial charge is 0.251 e. The quantitative estimate of drug-likeness (QED) is 0.891. The van der Waals surface area contributed by atoms with Gasteiger partial charge in [-0.1, -0.05) is 13.0 Å². The van der Waals surface area contributed by atoms with E-state index in [9.17, 15) is 4.79 Å². The van der Waals surface area contributed by atoms with Crippen molar-refractivity contribution >= 4 is 18.3 Å². The summed E-state index contributed by atoms with van der Waals surface area (Å²) in [6.07, 6.45) is 1.10. The molecule has 1 aromatic rings. The average molecular weight is 285 g/mol. The fourth-order valence-corrected chi connectivity index (χ4v) is 2.20. The van der Waals surface area contributed by atoms with Crippen molar-refractivity contribution in [1.82, 2.24) is 10.6 Å². The lowest BCUT2D eigenvalue weighted by Crippen LogP contribution is -2.50. The summed E-state index contributed by atoms with van der Waals surface area (Å²) in [6.45, 7) is 4.06. The molecule has 4 nitrogen and oxygen atoms in total. The Morgan fingerprint density at radius 1 is 1.47 bits per heavy atom. The lowest BCUT2D eigenvalue weighted by atomic mass is 9.94. The van der Waals surface area contributed by atoms with Crippen LogP contribution in [0, 0.1) is 5.92 Å². The third-order valence-electron chi connectivity index (χ3n) is 3.48. The predicted molar refractivity (Wildman–Crippen MR) is 78.1 cm³/mol. The highest BCUT2D eigenvalue weighted by Gasteiger charge is 2.23. The molecule has 0 aliphatic carbocycles. The van der Waals surface area contributed by atoms with Crippen molar-refractivity contribution in [2.75, 3.05) is 20.2 Å². The Bertz CT molecular complexity index is 426. The molecular formula is C14H21ClN2O2. The zero-order valence-corrected chi connectivity index (χ0v) is 12.1. The fourth-order valence-electron chi connectivity index (χ4n) is 2.20. The molecule has 2 N–H and O–H groups in total. The molecule has 2 atom stereocenters. The van der Waals surface area contributed by atoms with E-state index in [4.69, 9.17) is 4.74 Å². The summed E-state index contributed by atoms with van der Waals surface area (Å²) < 4.78 is 5.12. The maximum absolute atomic E-state index is 12.1. The van der Waals surface area contributed by atoms with Crippen LogP contribution in [0.3, 0.4) is 0 Å². The molecule has 0 bridgehead atoms. The van der Waals surface area contributed by atoms with Crippen LogP contribution in [0.5, 0.6) is 5.75 Å². The number of hydrogen-bond acceptors (Lipinski definition) is 3. The van der Waals surface area contributed by atoms with Gasteiger partial charge in [-0.15, -0.1) is 12.4 Å². The molecule has 0 aromatic heterocycles. The second-order valence-corrected chi connectivity index (χ2v) is 4.78. The normalized spacial score (nSPS) is 22.2. The number of benzene rings is 1. The van der Waals surface area contributed by atoms with Crippen LogP contribution in [0.1, 0.15) is 23.7 Å². The second kappa shape index (κ2) is 7.36. The summed E-state index contributed by atoms with van der Waals surface area (Å²) in [7, 11) is 1.60. The molecule has 1 aliphatic heterocycles. The average Bonchev–Trinajstić information content (AvgIpc) is 2.41. The number of rotatable bonds is 3. The minimum Gasteiger partial charge on any atom is -0.497 e. The lowest BCUT2D eigenvalue weighted by molar-refractivity contribution is 0.0915. The van der Waals surface area contributed by atoms with E-state index in [0.29, 0.717) is 17.2 Å². The first-order chi connectivity index (χ1) is 8.70. The van der Waals surface area contributed by atoms with Gasteiger partial charge in [-0.25, -0.2) is 0 Å². The van der Waals surface area contributed by atoms with Crippen molar-refractivity contribution in [3.63, 3.8) is 0 Å². The maximum Gasteiger partial charge on any atom is 0.251 e. The second-order valence-electron chi connectivity index (χ2n) is 4.78. The highest BCUT2D eigenvalue weighted by atomic mass is 35.5. The van der Waals surface area contributed by atoms with Crippen molar-refractivity contribution < 1.29 is 9.53 Å². The van der Waals surface area contributed by atoms with Gasteiger partial charge < -0.3 is 15.4 Å². The van der Waals surface area contributed by atoms with Gasteiger partial charge in [0.1, 0.15) is 5.75 Å². The number of halogens is 1. The zero-order chi connectivity index (χ0) is 13.0. The third-order valence-corrected chi connectivity index (χ3v) is 3.48. The van der Waals surface area contributed by atoms with Crippen LogP contribution >= 0.6 is 12.4 Å². The number of carbonyl (C=O) groups is 1. The van der Waals surface area contributed by atoms with Crippen molar-refractivity contribution in [2.24, 2.45) is 5.92 Å². The zero-order valence-electron chi connectivity index (χ0n) is 11.3. The topological polar surface area (TPSA) is 50.4 Å². The molecule has 2 unspecified atom stereocenters. The maximum atomic E-state index is 12.1. The van der Waals surface area contributed by atoms with Gasteiger partial charge in [0.15, 0.2) is 0 Å². The van der Waals surface area contributed by atoms with Crippen molar-refractivity contribution in [1.29, 1.82) is 0 Å². The number of hydrogen-bond donors (Lipinski definition) is 2. The van der Waals surface area contributed by atoms with Crippen LogP contribution in [0.15, 0.2) is 24.3 Å². The van der Waals surface area contributed by atoms with Gasteiger partial charge >= 0.3 is 0 Å². The minimum atomic E-state index is -0.0329. The van der Waals surface area contributed by atoms with Gasteiger partial charge in [0, 0.05) is 18.2 Å². The largest absolute Gasteiger partial charge is 0.497 e. The van der Waals surface area contributed by atoms with E-state index in [0.717, 1.165) is 19.5 Å². The molecule has 0 radical (unpaired) electrons. The Morgan fingerprint density at radius 2 is 2.26 bits per heavy atom. The molecule has 1 aromatic carbocycles. The Morgan fingerprint density at radius 3 is 2.95 bits per heavy atom. The number of ether oxygens (including phenoxy) is 1. The highest BCUT2D eigenvalue weighted by Crippen LogP contribution is 2.15. The number of amides is 1. The molecule has 1 aliphatic rings. The van der Waals surface area contributed by atoms with Gasteiger partial charge in [0.2, 0.25) is 0 Å². The Hall–Kier alpha value is -1.26. The van der Waals surface area contributed by atoms with Gasteiger partial charge in [0.05, 0.1) is 7.11 Å². The first kappa shape index (κ1) is 15.8. The lowest BCUT2D eigenvalue weighted by Gasteiger charge is -2.30. The Labute approximate surface area is 120 Å². The van der Waals surface area contributed by atoms with E-state index in [1.54, 1.807) is 19.2 Å². The number of carbonyl (C=O) groups excluding carboxylic acids is 1. The molecule has 106 valence electrons. The van der Waals surface area contributed by atoms with Gasteiger partial charge in [0.25, 0.3) is 5.91 Å². The van der Waals surface area contributed by atoms with E-state index < -0.39 is 0 Å². The summed E-state index contributed by atoms with van der Waals surface area (Å²) in [6, 6.07) is 7.44. The first-order valence-electron chi connectivity index (χ1n) is 6.36.